The Morgan fingerprint density at radius 3 is 2.80 bits per heavy atom. The molecule has 0 saturated heterocycles. The zero-order chi connectivity index (χ0) is 17.8. The molecule has 7 heteroatoms. The van der Waals surface area contributed by atoms with Gasteiger partial charge in [0, 0.05) is 10.7 Å². The van der Waals surface area contributed by atoms with Gasteiger partial charge in [-0.25, -0.2) is 9.97 Å². The molecule has 3 rings (SSSR count). The number of nitrogens with zero attached hydrogens (tertiary/aromatic N) is 3. The van der Waals surface area contributed by atoms with Crippen molar-refractivity contribution in [3.63, 3.8) is 0 Å². The van der Waals surface area contributed by atoms with Crippen LogP contribution in [-0.2, 0) is 0 Å². The van der Waals surface area contributed by atoms with Gasteiger partial charge in [-0.05, 0) is 30.2 Å². The first kappa shape index (κ1) is 17.3. The molecular formula is C18H18BrN5O. The fourth-order valence-corrected chi connectivity index (χ4v) is 3.18. The Hall–Kier alpha value is -2.54. The van der Waals surface area contributed by atoms with E-state index in [1.165, 1.54) is 6.33 Å². The Morgan fingerprint density at radius 1 is 1.24 bits per heavy atom. The molecule has 3 aromatic rings. The van der Waals surface area contributed by atoms with Crippen LogP contribution < -0.4 is 11.1 Å². The molecule has 0 unspecified atom stereocenters. The van der Waals surface area contributed by atoms with E-state index < -0.39 is 5.91 Å². The van der Waals surface area contributed by atoms with Gasteiger partial charge in [0.15, 0.2) is 5.82 Å². The van der Waals surface area contributed by atoms with Crippen LogP contribution in [0.5, 0.6) is 0 Å². The van der Waals surface area contributed by atoms with E-state index in [1.54, 1.807) is 12.3 Å². The van der Waals surface area contributed by atoms with Crippen molar-refractivity contribution in [1.82, 2.24) is 15.0 Å². The average molecular weight is 400 g/mol. The lowest BCUT2D eigenvalue weighted by molar-refractivity contribution is 0.100. The molecule has 0 aliphatic rings. The SMILES string of the molecule is CCC[C@@H](Nc1ncnc2c(C(N)=O)ccnc12)c1cccc(Br)c1. The van der Waals surface area contributed by atoms with Crippen LogP contribution in [0.15, 0.2) is 47.3 Å². The number of hydrogen-bond acceptors (Lipinski definition) is 5. The lowest BCUT2D eigenvalue weighted by Crippen LogP contribution is -2.15. The molecule has 0 spiro atoms. The van der Waals surface area contributed by atoms with Crippen LogP contribution in [-0.4, -0.2) is 20.9 Å². The number of primary amides is 1. The summed E-state index contributed by atoms with van der Waals surface area (Å²) in [4.78, 5) is 24.5. The zero-order valence-corrected chi connectivity index (χ0v) is 15.3. The average Bonchev–Trinajstić information content (AvgIpc) is 2.61. The Kier molecular flexibility index (Phi) is 5.23. The van der Waals surface area contributed by atoms with Crippen molar-refractivity contribution in [3.8, 4) is 0 Å². The first-order chi connectivity index (χ1) is 12.1. The third-order valence-corrected chi connectivity index (χ3v) is 4.42. The predicted molar refractivity (Wildman–Crippen MR) is 101 cm³/mol. The highest BCUT2D eigenvalue weighted by molar-refractivity contribution is 9.10. The summed E-state index contributed by atoms with van der Waals surface area (Å²) >= 11 is 3.52. The molecule has 25 heavy (non-hydrogen) atoms. The highest BCUT2D eigenvalue weighted by Crippen LogP contribution is 2.28. The fraction of sp³-hybridized carbons (Fsp3) is 0.222. The Bertz CT molecular complexity index is 915. The number of fused-ring (bicyclic) bond motifs is 1. The molecule has 0 bridgehead atoms. The Morgan fingerprint density at radius 2 is 2.08 bits per heavy atom. The fourth-order valence-electron chi connectivity index (χ4n) is 2.77. The van der Waals surface area contributed by atoms with Crippen LogP contribution in [0.3, 0.4) is 0 Å². The van der Waals surface area contributed by atoms with E-state index in [-0.39, 0.29) is 6.04 Å². The summed E-state index contributed by atoms with van der Waals surface area (Å²) in [6.45, 7) is 2.13. The van der Waals surface area contributed by atoms with Gasteiger partial charge >= 0.3 is 0 Å². The standard InChI is InChI=1S/C18H18BrN5O/c1-2-4-14(11-5-3-6-12(19)9-11)24-18-16-15(22-10-23-18)13(17(20)25)7-8-21-16/h3,5-10,14H,2,4H2,1H3,(H2,20,25)(H,22,23,24)/t14-/m1/s1. The molecule has 0 radical (unpaired) electrons. The largest absolute Gasteiger partial charge is 0.366 e. The molecule has 1 atom stereocenters. The van der Waals surface area contributed by atoms with Gasteiger partial charge in [-0.15, -0.1) is 0 Å². The number of nitrogens with two attached hydrogens (primary N) is 1. The molecule has 2 aromatic heterocycles. The summed E-state index contributed by atoms with van der Waals surface area (Å²) in [7, 11) is 0. The third-order valence-electron chi connectivity index (χ3n) is 3.93. The predicted octanol–water partition coefficient (Wildman–Crippen LogP) is 3.84. The zero-order valence-electron chi connectivity index (χ0n) is 13.7. The molecule has 6 nitrogen and oxygen atoms in total. The summed E-state index contributed by atoms with van der Waals surface area (Å²) in [5.41, 5.74) is 7.91. The summed E-state index contributed by atoms with van der Waals surface area (Å²) in [5.74, 6) is 0.0562. The molecule has 1 aromatic carbocycles. The minimum Gasteiger partial charge on any atom is -0.366 e. The van der Waals surface area contributed by atoms with E-state index in [0.717, 1.165) is 22.9 Å². The first-order valence-corrected chi connectivity index (χ1v) is 8.81. The van der Waals surface area contributed by atoms with Crippen molar-refractivity contribution >= 4 is 38.7 Å². The van der Waals surface area contributed by atoms with E-state index >= 15 is 0 Å². The number of rotatable bonds is 6. The van der Waals surface area contributed by atoms with Crippen LogP contribution in [0.1, 0.15) is 41.7 Å². The number of hydrogen-bond donors (Lipinski definition) is 2. The normalized spacial score (nSPS) is 12.1. The van der Waals surface area contributed by atoms with Gasteiger partial charge < -0.3 is 11.1 Å². The second-order valence-electron chi connectivity index (χ2n) is 5.68. The van der Waals surface area contributed by atoms with Gasteiger partial charge in [0.2, 0.25) is 0 Å². The van der Waals surface area contributed by atoms with Crippen molar-refractivity contribution in [1.29, 1.82) is 0 Å². The molecule has 0 saturated carbocycles. The molecule has 3 N–H and O–H groups in total. The third kappa shape index (κ3) is 3.76. The molecular weight excluding hydrogens is 382 g/mol. The quantitative estimate of drug-likeness (QED) is 0.656. The van der Waals surface area contributed by atoms with Gasteiger partial charge in [0.1, 0.15) is 17.4 Å². The number of benzene rings is 1. The van der Waals surface area contributed by atoms with E-state index in [9.17, 15) is 4.79 Å². The van der Waals surface area contributed by atoms with E-state index in [2.05, 4.69) is 55.3 Å². The lowest BCUT2D eigenvalue weighted by Gasteiger charge is -2.20. The number of amides is 1. The van der Waals surface area contributed by atoms with Gasteiger partial charge in [0.05, 0.1) is 11.6 Å². The van der Waals surface area contributed by atoms with Crippen molar-refractivity contribution in [2.45, 2.75) is 25.8 Å². The van der Waals surface area contributed by atoms with Gasteiger partial charge in [-0.2, -0.15) is 0 Å². The number of carbonyl (C=O) groups excluding carboxylic acids is 1. The molecule has 0 fully saturated rings. The smallest absolute Gasteiger partial charge is 0.251 e. The lowest BCUT2D eigenvalue weighted by atomic mass is 10.0. The number of carbonyl (C=O) groups is 1. The second kappa shape index (κ2) is 7.57. The summed E-state index contributed by atoms with van der Waals surface area (Å²) in [6, 6.07) is 9.79. The number of pyridine rings is 1. The molecule has 0 aliphatic carbocycles. The summed E-state index contributed by atoms with van der Waals surface area (Å²) in [6.07, 6.45) is 4.90. The topological polar surface area (TPSA) is 93.8 Å². The minimum atomic E-state index is -0.533. The van der Waals surface area contributed by atoms with Gasteiger partial charge in [-0.1, -0.05) is 41.4 Å². The van der Waals surface area contributed by atoms with Crippen molar-refractivity contribution in [2.75, 3.05) is 5.32 Å². The van der Waals surface area contributed by atoms with Gasteiger partial charge in [-0.3, -0.25) is 9.78 Å². The van der Waals surface area contributed by atoms with Crippen molar-refractivity contribution in [3.05, 3.63) is 58.5 Å². The number of anilines is 1. The Labute approximate surface area is 154 Å². The summed E-state index contributed by atoms with van der Waals surface area (Å²) < 4.78 is 1.02. The maximum atomic E-state index is 11.6. The van der Waals surface area contributed by atoms with E-state index in [1.807, 2.05) is 12.1 Å². The van der Waals surface area contributed by atoms with Crippen LogP contribution in [0.4, 0.5) is 5.82 Å². The number of halogens is 1. The second-order valence-corrected chi connectivity index (χ2v) is 6.60. The van der Waals surface area contributed by atoms with E-state index in [0.29, 0.717) is 22.4 Å². The molecule has 128 valence electrons. The monoisotopic (exact) mass is 399 g/mol. The Balaban J connectivity index is 2.03. The first-order valence-electron chi connectivity index (χ1n) is 8.01. The van der Waals surface area contributed by atoms with Crippen LogP contribution in [0, 0.1) is 0 Å². The van der Waals surface area contributed by atoms with Crippen LogP contribution in [0.2, 0.25) is 0 Å². The maximum Gasteiger partial charge on any atom is 0.251 e. The molecule has 1 amide bonds. The van der Waals surface area contributed by atoms with E-state index in [4.69, 9.17) is 5.73 Å². The molecule has 0 aliphatic heterocycles. The highest BCUT2D eigenvalue weighted by Gasteiger charge is 2.16. The minimum absolute atomic E-state index is 0.0691. The van der Waals surface area contributed by atoms with Crippen LogP contribution in [0.25, 0.3) is 11.0 Å². The van der Waals surface area contributed by atoms with Crippen molar-refractivity contribution in [2.24, 2.45) is 5.73 Å². The summed E-state index contributed by atoms with van der Waals surface area (Å²) in [5, 5.41) is 3.45. The van der Waals surface area contributed by atoms with Gasteiger partial charge in [0.25, 0.3) is 5.91 Å². The van der Waals surface area contributed by atoms with Crippen molar-refractivity contribution < 1.29 is 4.79 Å². The maximum absolute atomic E-state index is 11.6. The molecule has 2 heterocycles. The van der Waals surface area contributed by atoms with Crippen LogP contribution >= 0.6 is 15.9 Å². The highest BCUT2D eigenvalue weighted by atomic mass is 79.9. The number of aromatic nitrogens is 3. The number of nitrogens with one attached hydrogen (secondary N) is 1.